The number of para-hydroxylation sites is 1. The third-order valence-electron chi connectivity index (χ3n) is 4.98. The summed E-state index contributed by atoms with van der Waals surface area (Å²) in [5.74, 6) is 1.07. The van der Waals surface area contributed by atoms with E-state index in [1.807, 2.05) is 60.7 Å². The average molecular weight is 445 g/mol. The van der Waals surface area contributed by atoms with Crippen molar-refractivity contribution in [2.24, 2.45) is 0 Å². The molecule has 0 bridgehead atoms. The first-order valence-corrected chi connectivity index (χ1v) is 10.3. The van der Waals surface area contributed by atoms with Gasteiger partial charge in [0.1, 0.15) is 0 Å². The van der Waals surface area contributed by atoms with Gasteiger partial charge in [-0.3, -0.25) is 9.78 Å². The molecule has 32 heavy (non-hydrogen) atoms. The number of ketones is 1. The summed E-state index contributed by atoms with van der Waals surface area (Å²) in [4.78, 5) is 17.2. The van der Waals surface area contributed by atoms with Gasteiger partial charge in [0.25, 0.3) is 0 Å². The zero-order valence-corrected chi connectivity index (χ0v) is 18.4. The lowest BCUT2D eigenvalue weighted by Crippen LogP contribution is -1.98. The van der Waals surface area contributed by atoms with Crippen molar-refractivity contribution in [3.8, 4) is 11.5 Å². The Bertz CT molecular complexity index is 1320. The highest BCUT2D eigenvalue weighted by molar-refractivity contribution is 6.31. The Morgan fingerprint density at radius 2 is 1.84 bits per heavy atom. The minimum Gasteiger partial charge on any atom is -0.493 e. The van der Waals surface area contributed by atoms with Crippen LogP contribution < -0.4 is 14.8 Å². The Hall–Kier alpha value is -3.83. The number of ether oxygens (including phenoxy) is 2. The minimum absolute atomic E-state index is 0.120. The minimum atomic E-state index is -0.120. The SMILES string of the molecule is COc1cccc(/C=C/C(=O)c2cccc(Nc3ccnc4cc(Cl)ccc34)c2)c1OC. The second kappa shape index (κ2) is 9.54. The van der Waals surface area contributed by atoms with Gasteiger partial charge in [-0.05, 0) is 54.6 Å². The fraction of sp³-hybridized carbons (Fsp3) is 0.0769. The fourth-order valence-corrected chi connectivity index (χ4v) is 3.61. The normalized spacial score (nSPS) is 11.0. The summed E-state index contributed by atoms with van der Waals surface area (Å²) in [6, 6.07) is 20.3. The lowest BCUT2D eigenvalue weighted by Gasteiger charge is -2.11. The zero-order valence-electron chi connectivity index (χ0n) is 17.6. The number of hydrogen-bond donors (Lipinski definition) is 1. The molecule has 1 N–H and O–H groups in total. The van der Waals surface area contributed by atoms with Crippen LogP contribution in [0.15, 0.2) is 79.0 Å². The highest BCUT2D eigenvalue weighted by Crippen LogP contribution is 2.32. The van der Waals surface area contributed by atoms with Gasteiger partial charge in [0.05, 0.1) is 19.7 Å². The number of anilines is 2. The molecule has 0 fully saturated rings. The second-order valence-corrected chi connectivity index (χ2v) is 7.44. The van der Waals surface area contributed by atoms with Crippen molar-refractivity contribution >= 4 is 45.7 Å². The average Bonchev–Trinajstić information content (AvgIpc) is 2.82. The molecule has 4 aromatic rings. The number of allylic oxidation sites excluding steroid dienone is 1. The number of hydrogen-bond acceptors (Lipinski definition) is 5. The number of benzene rings is 3. The van der Waals surface area contributed by atoms with Gasteiger partial charge in [0.2, 0.25) is 0 Å². The Morgan fingerprint density at radius 3 is 2.66 bits per heavy atom. The molecule has 0 unspecified atom stereocenters. The molecular formula is C26H21ClN2O3. The van der Waals surface area contributed by atoms with Crippen molar-refractivity contribution in [3.05, 3.63) is 95.2 Å². The van der Waals surface area contributed by atoms with Crippen LogP contribution in [-0.2, 0) is 0 Å². The third kappa shape index (κ3) is 4.58. The standard InChI is InChI=1S/C26H21ClN2O3/c1-31-25-8-4-5-17(26(25)32-2)9-12-24(30)18-6-3-7-20(15-18)29-22-13-14-28-23-16-19(27)10-11-21(22)23/h3-16H,1-2H3,(H,28,29)/b12-9+. The number of pyridine rings is 1. The highest BCUT2D eigenvalue weighted by atomic mass is 35.5. The van der Waals surface area contributed by atoms with Crippen LogP contribution in [0.2, 0.25) is 5.02 Å². The molecule has 0 aliphatic heterocycles. The van der Waals surface area contributed by atoms with Crippen LogP contribution in [0, 0.1) is 0 Å². The van der Waals surface area contributed by atoms with Gasteiger partial charge in [0.15, 0.2) is 17.3 Å². The summed E-state index contributed by atoms with van der Waals surface area (Å²) in [5.41, 5.74) is 3.80. The molecule has 3 aromatic carbocycles. The van der Waals surface area contributed by atoms with Crippen LogP contribution in [0.25, 0.3) is 17.0 Å². The smallest absolute Gasteiger partial charge is 0.185 e. The van der Waals surface area contributed by atoms with Crippen molar-refractivity contribution in [3.63, 3.8) is 0 Å². The molecule has 1 aromatic heterocycles. The first-order valence-electron chi connectivity index (χ1n) is 9.94. The van der Waals surface area contributed by atoms with Crippen molar-refractivity contribution in [2.75, 3.05) is 19.5 Å². The Labute approximate surface area is 191 Å². The largest absolute Gasteiger partial charge is 0.493 e. The number of aromatic nitrogens is 1. The van der Waals surface area contributed by atoms with Gasteiger partial charge in [0, 0.05) is 39.1 Å². The van der Waals surface area contributed by atoms with Gasteiger partial charge in [-0.25, -0.2) is 0 Å². The number of halogens is 1. The van der Waals surface area contributed by atoms with E-state index in [1.165, 1.54) is 6.08 Å². The second-order valence-electron chi connectivity index (χ2n) is 7.01. The molecule has 0 amide bonds. The molecule has 0 atom stereocenters. The van der Waals surface area contributed by atoms with E-state index in [4.69, 9.17) is 21.1 Å². The summed E-state index contributed by atoms with van der Waals surface area (Å²) in [5, 5.41) is 4.95. The van der Waals surface area contributed by atoms with Gasteiger partial charge >= 0.3 is 0 Å². The summed E-state index contributed by atoms with van der Waals surface area (Å²) < 4.78 is 10.7. The van der Waals surface area contributed by atoms with Gasteiger partial charge in [-0.1, -0.05) is 35.9 Å². The highest BCUT2D eigenvalue weighted by Gasteiger charge is 2.09. The first kappa shape index (κ1) is 21.4. The van der Waals surface area contributed by atoms with Gasteiger partial charge in [-0.15, -0.1) is 0 Å². The number of nitrogens with one attached hydrogen (secondary N) is 1. The molecule has 4 rings (SSSR count). The first-order chi connectivity index (χ1) is 15.6. The van der Waals surface area contributed by atoms with Crippen LogP contribution in [0.5, 0.6) is 11.5 Å². The lowest BCUT2D eigenvalue weighted by atomic mass is 10.1. The fourth-order valence-electron chi connectivity index (χ4n) is 3.44. The Balaban J connectivity index is 1.58. The van der Waals surface area contributed by atoms with Gasteiger partial charge in [-0.2, -0.15) is 0 Å². The molecule has 0 radical (unpaired) electrons. The Morgan fingerprint density at radius 1 is 1.00 bits per heavy atom. The quantitative estimate of drug-likeness (QED) is 0.259. The number of nitrogens with zero attached hydrogens (tertiary/aromatic N) is 1. The van der Waals surface area contributed by atoms with E-state index in [9.17, 15) is 4.79 Å². The summed E-state index contributed by atoms with van der Waals surface area (Å²) in [7, 11) is 3.15. The molecule has 0 spiro atoms. The van der Waals surface area contributed by atoms with E-state index < -0.39 is 0 Å². The summed E-state index contributed by atoms with van der Waals surface area (Å²) in [6.45, 7) is 0. The van der Waals surface area contributed by atoms with Crippen LogP contribution in [-0.4, -0.2) is 25.0 Å². The topological polar surface area (TPSA) is 60.5 Å². The zero-order chi connectivity index (χ0) is 22.5. The number of carbonyl (C=O) groups is 1. The Kier molecular flexibility index (Phi) is 6.38. The molecule has 0 saturated carbocycles. The molecule has 160 valence electrons. The molecule has 0 aliphatic rings. The molecule has 0 saturated heterocycles. The third-order valence-corrected chi connectivity index (χ3v) is 5.21. The van der Waals surface area contributed by atoms with E-state index >= 15 is 0 Å². The van der Waals surface area contributed by atoms with E-state index in [-0.39, 0.29) is 5.78 Å². The predicted octanol–water partition coefficient (Wildman–Crippen LogP) is 6.55. The molecular weight excluding hydrogens is 424 g/mol. The number of methoxy groups -OCH3 is 2. The number of fused-ring (bicyclic) bond motifs is 1. The maximum atomic E-state index is 12.8. The van der Waals surface area contributed by atoms with Crippen molar-refractivity contribution in [1.29, 1.82) is 0 Å². The molecule has 5 nitrogen and oxygen atoms in total. The maximum Gasteiger partial charge on any atom is 0.185 e. The van der Waals surface area contributed by atoms with Crippen molar-refractivity contribution in [1.82, 2.24) is 4.98 Å². The van der Waals surface area contributed by atoms with Crippen molar-refractivity contribution in [2.45, 2.75) is 0 Å². The monoisotopic (exact) mass is 444 g/mol. The van der Waals surface area contributed by atoms with Crippen LogP contribution >= 0.6 is 11.6 Å². The molecule has 1 heterocycles. The van der Waals surface area contributed by atoms with E-state index in [0.717, 1.165) is 27.8 Å². The maximum absolute atomic E-state index is 12.8. The van der Waals surface area contributed by atoms with E-state index in [2.05, 4.69) is 10.3 Å². The number of carbonyl (C=O) groups excluding carboxylic acids is 1. The molecule has 6 heteroatoms. The molecule has 0 aliphatic carbocycles. The van der Waals surface area contributed by atoms with Crippen LogP contribution in [0.4, 0.5) is 11.4 Å². The van der Waals surface area contributed by atoms with Crippen LogP contribution in [0.3, 0.4) is 0 Å². The lowest BCUT2D eigenvalue weighted by molar-refractivity contribution is 0.104. The predicted molar refractivity (Wildman–Crippen MR) is 129 cm³/mol. The van der Waals surface area contributed by atoms with Gasteiger partial charge < -0.3 is 14.8 Å². The van der Waals surface area contributed by atoms with Crippen LogP contribution in [0.1, 0.15) is 15.9 Å². The van der Waals surface area contributed by atoms with E-state index in [1.54, 1.807) is 32.6 Å². The number of rotatable bonds is 7. The van der Waals surface area contributed by atoms with E-state index in [0.29, 0.717) is 22.1 Å². The summed E-state index contributed by atoms with van der Waals surface area (Å²) >= 11 is 6.08. The summed E-state index contributed by atoms with van der Waals surface area (Å²) in [6.07, 6.45) is 4.98. The van der Waals surface area contributed by atoms with Crippen molar-refractivity contribution < 1.29 is 14.3 Å².